The van der Waals surface area contributed by atoms with Crippen LogP contribution < -0.4 is 21.1 Å². The van der Waals surface area contributed by atoms with Gasteiger partial charge in [-0.2, -0.15) is 0 Å². The largest absolute Gasteiger partial charge is 0.356 e. The second kappa shape index (κ2) is 13.4. The fourth-order valence-electron chi connectivity index (χ4n) is 7.50. The third kappa shape index (κ3) is 6.61. The monoisotopic (exact) mass is 624 g/mol. The van der Waals surface area contributed by atoms with Crippen molar-refractivity contribution < 1.29 is 9.59 Å². The summed E-state index contributed by atoms with van der Waals surface area (Å²) in [4.78, 5) is 52.9. The van der Waals surface area contributed by atoms with Crippen LogP contribution in [0.4, 0.5) is 5.82 Å². The van der Waals surface area contributed by atoms with E-state index in [0.29, 0.717) is 17.7 Å². The molecular formula is C37H48N6O3. The van der Waals surface area contributed by atoms with Crippen molar-refractivity contribution in [1.82, 2.24) is 25.5 Å². The minimum atomic E-state index is -0.691. The number of nitrogens with zero attached hydrogens (tertiary/aromatic N) is 3. The molecule has 0 spiro atoms. The highest BCUT2D eigenvalue weighted by atomic mass is 16.2. The summed E-state index contributed by atoms with van der Waals surface area (Å²) in [5.41, 5.74) is 5.39. The molecule has 9 heteroatoms. The Morgan fingerprint density at radius 1 is 0.978 bits per heavy atom. The second-order valence-electron chi connectivity index (χ2n) is 13.6. The van der Waals surface area contributed by atoms with Crippen LogP contribution in [-0.2, 0) is 16.8 Å². The third-order valence-electron chi connectivity index (χ3n) is 10.3. The van der Waals surface area contributed by atoms with Crippen molar-refractivity contribution in [3.63, 3.8) is 0 Å². The number of aromatic nitrogens is 2. The number of aromatic amines is 1. The summed E-state index contributed by atoms with van der Waals surface area (Å²) in [6, 6.07) is 10.1. The van der Waals surface area contributed by atoms with Gasteiger partial charge in [-0.05, 0) is 117 Å². The van der Waals surface area contributed by atoms with E-state index in [9.17, 15) is 14.4 Å². The van der Waals surface area contributed by atoms with Gasteiger partial charge in [-0.25, -0.2) is 4.98 Å². The normalized spacial score (nSPS) is 18.0. The van der Waals surface area contributed by atoms with Gasteiger partial charge in [-0.1, -0.05) is 12.8 Å². The average Bonchev–Trinajstić information content (AvgIpc) is 3.72. The first-order chi connectivity index (χ1) is 22.2. The number of carbonyl (C=O) groups excluding carboxylic acids is 2. The Morgan fingerprint density at radius 2 is 1.72 bits per heavy atom. The molecular weight excluding hydrogens is 576 g/mol. The minimum Gasteiger partial charge on any atom is -0.356 e. The highest BCUT2D eigenvalue weighted by Gasteiger charge is 2.44. The van der Waals surface area contributed by atoms with E-state index in [-0.39, 0.29) is 23.9 Å². The Labute approximate surface area is 272 Å². The predicted octanol–water partition coefficient (Wildman–Crippen LogP) is 4.77. The average molecular weight is 625 g/mol. The number of anilines is 1. The molecule has 0 bridgehead atoms. The van der Waals surface area contributed by atoms with E-state index in [1.807, 2.05) is 52.1 Å². The first kappa shape index (κ1) is 32.0. The van der Waals surface area contributed by atoms with Gasteiger partial charge in [0.25, 0.3) is 11.5 Å². The Kier molecular flexibility index (Phi) is 9.32. The maximum absolute atomic E-state index is 14.0. The van der Waals surface area contributed by atoms with E-state index in [1.165, 1.54) is 19.4 Å². The summed E-state index contributed by atoms with van der Waals surface area (Å²) in [6.07, 6.45) is 8.00. The molecule has 3 heterocycles. The lowest BCUT2D eigenvalue weighted by Crippen LogP contribution is -2.47. The molecule has 2 aliphatic carbocycles. The lowest BCUT2D eigenvalue weighted by molar-refractivity contribution is -0.126. The van der Waals surface area contributed by atoms with Crippen molar-refractivity contribution in [2.45, 2.75) is 78.2 Å². The summed E-state index contributed by atoms with van der Waals surface area (Å²) in [5.74, 6) is 1.59. The maximum atomic E-state index is 14.0. The van der Waals surface area contributed by atoms with Gasteiger partial charge in [-0.3, -0.25) is 19.3 Å². The molecule has 3 aliphatic rings. The zero-order chi connectivity index (χ0) is 32.4. The number of aryl methyl sites for hydroxylation is 2. The van der Waals surface area contributed by atoms with Crippen molar-refractivity contribution in [1.29, 1.82) is 0 Å². The molecule has 3 aromatic rings. The first-order valence-electron chi connectivity index (χ1n) is 17.0. The van der Waals surface area contributed by atoms with Gasteiger partial charge in [0.15, 0.2) is 0 Å². The number of amides is 2. The van der Waals surface area contributed by atoms with Gasteiger partial charge in [0.05, 0.1) is 5.41 Å². The molecule has 9 nitrogen and oxygen atoms in total. The van der Waals surface area contributed by atoms with Gasteiger partial charge >= 0.3 is 0 Å². The molecule has 244 valence electrons. The van der Waals surface area contributed by atoms with Crippen LogP contribution >= 0.6 is 0 Å². The number of benzene rings is 1. The van der Waals surface area contributed by atoms with Crippen LogP contribution in [0.25, 0.3) is 11.1 Å². The summed E-state index contributed by atoms with van der Waals surface area (Å²) in [7, 11) is 0. The summed E-state index contributed by atoms with van der Waals surface area (Å²) >= 11 is 0. The standard InChI is InChI=1S/C37H48N6O3/c1-5-38-36(46)37(11-6-7-12-37)32-20-29(19-30(26(32)4)34(44)40-22-31-24(2)18-25(3)41-35(31)45)28-10-13-39-33(21-28)43-16-14-42(15-17-43)23-27-8-9-27/h10,13,18-21,27H,5-9,11-12,14-17,22-23H2,1-4H3,(H,38,46)(H,40,44)(H,41,45). The van der Waals surface area contributed by atoms with Crippen LogP contribution in [0.5, 0.6) is 0 Å². The summed E-state index contributed by atoms with van der Waals surface area (Å²) < 4.78 is 0. The maximum Gasteiger partial charge on any atom is 0.253 e. The van der Waals surface area contributed by atoms with Gasteiger partial charge in [0.1, 0.15) is 5.82 Å². The number of pyridine rings is 2. The van der Waals surface area contributed by atoms with Crippen LogP contribution in [0.3, 0.4) is 0 Å². The predicted molar refractivity (Wildman–Crippen MR) is 182 cm³/mol. The number of likely N-dealkylation sites (N-methyl/N-ethyl adjacent to an activating group) is 1. The van der Waals surface area contributed by atoms with Gasteiger partial charge in [-0.15, -0.1) is 0 Å². The Bertz CT molecular complexity index is 1660. The second-order valence-corrected chi connectivity index (χ2v) is 13.6. The van der Waals surface area contributed by atoms with Crippen LogP contribution in [0.1, 0.15) is 83.8 Å². The Morgan fingerprint density at radius 3 is 2.39 bits per heavy atom. The molecule has 6 rings (SSSR count). The zero-order valence-corrected chi connectivity index (χ0v) is 27.8. The zero-order valence-electron chi connectivity index (χ0n) is 27.8. The molecule has 1 aliphatic heterocycles. The van der Waals surface area contributed by atoms with E-state index in [2.05, 4.69) is 37.6 Å². The minimum absolute atomic E-state index is 0.0282. The highest BCUT2D eigenvalue weighted by Crippen LogP contribution is 2.45. The third-order valence-corrected chi connectivity index (χ3v) is 10.3. The molecule has 0 atom stereocenters. The van der Waals surface area contributed by atoms with Crippen LogP contribution in [0, 0.1) is 26.7 Å². The lowest BCUT2D eigenvalue weighted by Gasteiger charge is -2.35. The van der Waals surface area contributed by atoms with Crippen LogP contribution in [0.15, 0.2) is 41.3 Å². The van der Waals surface area contributed by atoms with Crippen molar-refractivity contribution in [3.05, 3.63) is 80.4 Å². The number of H-pyrrole nitrogens is 1. The molecule has 3 N–H and O–H groups in total. The topological polar surface area (TPSA) is 110 Å². The quantitative estimate of drug-likeness (QED) is 0.300. The highest BCUT2D eigenvalue weighted by molar-refractivity contribution is 5.99. The molecule has 1 saturated heterocycles. The van der Waals surface area contributed by atoms with Crippen molar-refractivity contribution in [2.75, 3.05) is 44.2 Å². The van der Waals surface area contributed by atoms with Crippen molar-refractivity contribution in [3.8, 4) is 11.1 Å². The molecule has 1 aromatic carbocycles. The van der Waals surface area contributed by atoms with Gasteiger partial charge in [0, 0.05) is 68.8 Å². The molecule has 2 aromatic heterocycles. The molecule has 2 amide bonds. The number of hydrogen-bond donors (Lipinski definition) is 3. The SMILES string of the molecule is CCNC(=O)C1(c2cc(-c3ccnc(N4CCN(CC5CC5)CC4)c3)cc(C(=O)NCc3c(C)cc(C)[nH]c3=O)c2C)CCCC1. The van der Waals surface area contributed by atoms with E-state index in [4.69, 9.17) is 4.98 Å². The van der Waals surface area contributed by atoms with Crippen molar-refractivity contribution in [2.24, 2.45) is 5.92 Å². The number of carbonyl (C=O) groups is 2. The number of piperazine rings is 1. The summed E-state index contributed by atoms with van der Waals surface area (Å²) in [5, 5.41) is 6.12. The van der Waals surface area contributed by atoms with Crippen molar-refractivity contribution >= 4 is 17.6 Å². The first-order valence-corrected chi connectivity index (χ1v) is 17.0. The Hall–Kier alpha value is -3.98. The van der Waals surface area contributed by atoms with Crippen LogP contribution in [0.2, 0.25) is 0 Å². The van der Waals surface area contributed by atoms with Crippen LogP contribution in [-0.4, -0.2) is 66.0 Å². The fourth-order valence-corrected chi connectivity index (χ4v) is 7.50. The number of rotatable bonds is 10. The molecule has 46 heavy (non-hydrogen) atoms. The molecule has 0 radical (unpaired) electrons. The fraction of sp³-hybridized carbons (Fsp3) is 0.514. The van der Waals surface area contributed by atoms with Gasteiger partial charge < -0.3 is 20.5 Å². The lowest BCUT2D eigenvalue weighted by atomic mass is 9.74. The number of hydrogen-bond acceptors (Lipinski definition) is 6. The number of nitrogens with one attached hydrogen (secondary N) is 3. The van der Waals surface area contributed by atoms with E-state index in [0.717, 1.165) is 97.1 Å². The van der Waals surface area contributed by atoms with Gasteiger partial charge in [0.2, 0.25) is 5.91 Å². The smallest absolute Gasteiger partial charge is 0.253 e. The Balaban J connectivity index is 1.35. The van der Waals surface area contributed by atoms with E-state index in [1.54, 1.807) is 0 Å². The summed E-state index contributed by atoms with van der Waals surface area (Å²) in [6.45, 7) is 13.5. The molecule has 0 unspecified atom stereocenters. The molecule has 3 fully saturated rings. The van der Waals surface area contributed by atoms with E-state index < -0.39 is 5.41 Å². The molecule has 2 saturated carbocycles. The van der Waals surface area contributed by atoms with E-state index >= 15 is 0 Å².